The van der Waals surface area contributed by atoms with E-state index in [0.29, 0.717) is 12.6 Å². The molecule has 1 amide bonds. The molecule has 8 nitrogen and oxygen atoms in total. The van der Waals surface area contributed by atoms with Crippen molar-refractivity contribution in [3.8, 4) is 6.01 Å². The lowest BCUT2D eigenvalue weighted by Crippen LogP contribution is -2.43. The van der Waals surface area contributed by atoms with Crippen LogP contribution in [0.25, 0.3) is 11.0 Å². The first-order chi connectivity index (χ1) is 13.2. The molecule has 2 atom stereocenters. The van der Waals surface area contributed by atoms with Gasteiger partial charge in [0.1, 0.15) is 17.7 Å². The summed E-state index contributed by atoms with van der Waals surface area (Å²) in [5, 5.41) is 9.53. The van der Waals surface area contributed by atoms with E-state index in [0.717, 1.165) is 11.0 Å². The predicted octanol–water partition coefficient (Wildman–Crippen LogP) is 3.06. The van der Waals surface area contributed by atoms with Crippen LogP contribution in [0.2, 0.25) is 0 Å². The van der Waals surface area contributed by atoms with Crippen LogP contribution in [0.1, 0.15) is 27.2 Å². The minimum atomic E-state index is -1.09. The smallest absolute Gasteiger partial charge is 0.411 e. The lowest BCUT2D eigenvalue weighted by Gasteiger charge is -2.26. The van der Waals surface area contributed by atoms with E-state index in [9.17, 15) is 14.7 Å². The number of allylic oxidation sites excluding steroid dienone is 1. The highest BCUT2D eigenvalue weighted by molar-refractivity contribution is 5.81. The van der Waals surface area contributed by atoms with Gasteiger partial charge in [-0.3, -0.25) is 9.47 Å². The highest BCUT2D eigenvalue weighted by Crippen LogP contribution is 2.27. The third-order valence-electron chi connectivity index (χ3n) is 4.38. The molecule has 1 fully saturated rings. The molecule has 8 heteroatoms. The van der Waals surface area contributed by atoms with Gasteiger partial charge in [-0.1, -0.05) is 18.2 Å². The molecule has 1 aromatic carbocycles. The fraction of sp³-hybridized carbons (Fsp3) is 0.450. The number of carboxylic acids is 1. The van der Waals surface area contributed by atoms with Crippen molar-refractivity contribution in [2.24, 2.45) is 0 Å². The van der Waals surface area contributed by atoms with Crippen molar-refractivity contribution in [2.45, 2.75) is 51.5 Å². The molecule has 0 bridgehead atoms. The Bertz CT molecular complexity index is 899. The van der Waals surface area contributed by atoms with Crippen LogP contribution in [0.3, 0.4) is 0 Å². The molecular weight excluding hydrogens is 362 g/mol. The van der Waals surface area contributed by atoms with Crippen molar-refractivity contribution in [1.82, 2.24) is 14.5 Å². The number of hydrogen-bond acceptors (Lipinski definition) is 5. The summed E-state index contributed by atoms with van der Waals surface area (Å²) >= 11 is 0. The van der Waals surface area contributed by atoms with Crippen LogP contribution in [-0.4, -0.2) is 55.9 Å². The van der Waals surface area contributed by atoms with Crippen molar-refractivity contribution in [1.29, 1.82) is 0 Å². The molecule has 1 aliphatic rings. The molecule has 1 aliphatic heterocycles. The van der Waals surface area contributed by atoms with Crippen LogP contribution in [0.4, 0.5) is 4.79 Å². The van der Waals surface area contributed by atoms with Crippen LogP contribution in [0.15, 0.2) is 36.9 Å². The van der Waals surface area contributed by atoms with Crippen LogP contribution in [-0.2, 0) is 16.1 Å². The van der Waals surface area contributed by atoms with E-state index in [1.807, 2.05) is 28.8 Å². The number of hydrogen-bond donors (Lipinski definition) is 1. The number of carbonyl (C=O) groups excluding carboxylic acids is 1. The summed E-state index contributed by atoms with van der Waals surface area (Å²) in [5.41, 5.74) is 0.960. The number of benzene rings is 1. The summed E-state index contributed by atoms with van der Waals surface area (Å²) < 4.78 is 13.2. The summed E-state index contributed by atoms with van der Waals surface area (Å²) in [6, 6.07) is 6.98. The van der Waals surface area contributed by atoms with E-state index in [-0.39, 0.29) is 13.0 Å². The number of nitrogens with zero attached hydrogens (tertiary/aromatic N) is 3. The predicted molar refractivity (Wildman–Crippen MR) is 103 cm³/mol. The SMILES string of the molecule is C=CCn1c(O[C@@H]2C[C@@H](C(=O)O)N(C(=O)OC(C)(C)C)C2)nc2ccccc21. The Kier molecular flexibility index (Phi) is 5.31. The van der Waals surface area contributed by atoms with Crippen molar-refractivity contribution in [2.75, 3.05) is 6.54 Å². The largest absolute Gasteiger partial charge is 0.480 e. The van der Waals surface area contributed by atoms with Gasteiger partial charge >= 0.3 is 12.1 Å². The average Bonchev–Trinajstić information content (AvgIpc) is 3.17. The van der Waals surface area contributed by atoms with E-state index < -0.39 is 29.8 Å². The number of ether oxygens (including phenoxy) is 2. The van der Waals surface area contributed by atoms with Crippen molar-refractivity contribution >= 4 is 23.1 Å². The maximum atomic E-state index is 12.4. The molecule has 28 heavy (non-hydrogen) atoms. The van der Waals surface area contributed by atoms with Gasteiger partial charge in [0.2, 0.25) is 0 Å². The fourth-order valence-electron chi connectivity index (χ4n) is 3.24. The van der Waals surface area contributed by atoms with Gasteiger partial charge in [0, 0.05) is 13.0 Å². The Hall–Kier alpha value is -3.03. The van der Waals surface area contributed by atoms with Crippen molar-refractivity contribution in [3.63, 3.8) is 0 Å². The minimum Gasteiger partial charge on any atom is -0.480 e. The van der Waals surface area contributed by atoms with Gasteiger partial charge < -0.3 is 14.6 Å². The van der Waals surface area contributed by atoms with E-state index in [4.69, 9.17) is 9.47 Å². The first-order valence-electron chi connectivity index (χ1n) is 9.15. The molecule has 3 rings (SSSR count). The number of amides is 1. The van der Waals surface area contributed by atoms with Gasteiger partial charge in [-0.25, -0.2) is 9.59 Å². The minimum absolute atomic E-state index is 0.114. The molecule has 1 saturated heterocycles. The molecule has 0 aliphatic carbocycles. The van der Waals surface area contributed by atoms with Crippen LogP contribution < -0.4 is 4.74 Å². The zero-order valence-electron chi connectivity index (χ0n) is 16.3. The summed E-state index contributed by atoms with van der Waals surface area (Å²) in [4.78, 5) is 29.8. The lowest BCUT2D eigenvalue weighted by molar-refractivity contribution is -0.142. The topological polar surface area (TPSA) is 93.9 Å². The van der Waals surface area contributed by atoms with Crippen LogP contribution in [0.5, 0.6) is 6.01 Å². The van der Waals surface area contributed by atoms with Gasteiger partial charge in [-0.15, -0.1) is 6.58 Å². The third kappa shape index (κ3) is 4.11. The van der Waals surface area contributed by atoms with Gasteiger partial charge in [0.05, 0.1) is 17.6 Å². The molecular formula is C20H25N3O5. The highest BCUT2D eigenvalue weighted by Gasteiger charge is 2.43. The second-order valence-electron chi connectivity index (χ2n) is 7.74. The number of carbonyl (C=O) groups is 2. The van der Waals surface area contributed by atoms with E-state index in [1.54, 1.807) is 26.8 Å². The summed E-state index contributed by atoms with van der Waals surface area (Å²) in [6.07, 6.45) is 0.730. The molecule has 0 saturated carbocycles. The first kappa shape index (κ1) is 19.7. The monoisotopic (exact) mass is 387 g/mol. The number of carboxylic acid groups (broad SMARTS) is 1. The Labute approximate surface area is 163 Å². The maximum Gasteiger partial charge on any atom is 0.411 e. The zero-order chi connectivity index (χ0) is 20.5. The number of imidazole rings is 1. The third-order valence-corrected chi connectivity index (χ3v) is 4.38. The second kappa shape index (κ2) is 7.53. The first-order valence-corrected chi connectivity index (χ1v) is 9.15. The second-order valence-corrected chi connectivity index (χ2v) is 7.74. The van der Waals surface area contributed by atoms with Gasteiger partial charge in [-0.05, 0) is 32.9 Å². The summed E-state index contributed by atoms with van der Waals surface area (Å²) in [6.45, 7) is 9.60. The Morgan fingerprint density at radius 2 is 2.07 bits per heavy atom. The molecule has 0 unspecified atom stereocenters. The molecule has 1 N–H and O–H groups in total. The van der Waals surface area contributed by atoms with Crippen molar-refractivity contribution < 1.29 is 24.2 Å². The van der Waals surface area contributed by atoms with Gasteiger partial charge in [0.25, 0.3) is 6.01 Å². The Morgan fingerprint density at radius 1 is 1.36 bits per heavy atom. The standard InChI is InChI=1S/C20H25N3O5/c1-5-10-22-15-9-7-6-8-14(15)21-18(22)27-13-11-16(17(24)25)23(12-13)19(26)28-20(2,3)4/h5-9,13,16H,1,10-12H2,2-4H3,(H,24,25)/t13-,16+/m1/s1. The Balaban J connectivity index is 1.82. The fourth-order valence-corrected chi connectivity index (χ4v) is 3.24. The highest BCUT2D eigenvalue weighted by atomic mass is 16.6. The van der Waals surface area contributed by atoms with E-state index in [2.05, 4.69) is 11.6 Å². The molecule has 0 radical (unpaired) electrons. The molecule has 1 aromatic heterocycles. The van der Waals surface area contributed by atoms with Crippen molar-refractivity contribution in [3.05, 3.63) is 36.9 Å². The van der Waals surface area contributed by atoms with Crippen LogP contribution in [0, 0.1) is 0 Å². The Morgan fingerprint density at radius 3 is 2.71 bits per heavy atom. The van der Waals surface area contributed by atoms with Crippen LogP contribution >= 0.6 is 0 Å². The normalized spacial score (nSPS) is 19.6. The zero-order valence-corrected chi connectivity index (χ0v) is 16.3. The number of likely N-dealkylation sites (tertiary alicyclic amines) is 1. The lowest BCUT2D eigenvalue weighted by atomic mass is 10.2. The average molecular weight is 387 g/mol. The molecule has 2 heterocycles. The number of rotatable bonds is 5. The molecule has 0 spiro atoms. The maximum absolute atomic E-state index is 12.4. The number of para-hydroxylation sites is 2. The van der Waals surface area contributed by atoms with E-state index >= 15 is 0 Å². The quantitative estimate of drug-likeness (QED) is 0.793. The number of aromatic nitrogens is 2. The van der Waals surface area contributed by atoms with E-state index in [1.165, 1.54) is 4.90 Å². The van der Waals surface area contributed by atoms with Gasteiger partial charge in [0.15, 0.2) is 0 Å². The summed E-state index contributed by atoms with van der Waals surface area (Å²) in [7, 11) is 0. The summed E-state index contributed by atoms with van der Waals surface area (Å²) in [5.74, 6) is -1.09. The van der Waals surface area contributed by atoms with Gasteiger partial charge in [-0.2, -0.15) is 4.98 Å². The molecule has 150 valence electrons. The number of fused-ring (bicyclic) bond motifs is 1. The number of aliphatic carboxylic acids is 1. The molecule has 2 aromatic rings.